The fourth-order valence-electron chi connectivity index (χ4n) is 2.78. The van der Waals surface area contributed by atoms with E-state index in [1.54, 1.807) is 11.8 Å². The predicted octanol–water partition coefficient (Wildman–Crippen LogP) is 0.819. The van der Waals surface area contributed by atoms with E-state index in [0.29, 0.717) is 12.3 Å². The molecule has 0 aromatic rings. The van der Waals surface area contributed by atoms with E-state index in [-0.39, 0.29) is 23.8 Å². The number of nitrogens with zero attached hydrogens (tertiary/aromatic N) is 2. The van der Waals surface area contributed by atoms with Crippen LogP contribution in [0.4, 0.5) is 0 Å². The minimum Gasteiger partial charge on any atom is -0.341 e. The number of likely N-dealkylation sites (tertiary alicyclic amines) is 1. The van der Waals surface area contributed by atoms with Crippen molar-refractivity contribution in [3.63, 3.8) is 0 Å². The van der Waals surface area contributed by atoms with E-state index in [2.05, 4.69) is 0 Å². The number of carbonyl (C=O) groups excluding carboxylic acids is 2. The molecule has 0 aliphatic carbocycles. The third-order valence-electron chi connectivity index (χ3n) is 3.83. The van der Waals surface area contributed by atoms with E-state index in [0.717, 1.165) is 25.8 Å². The molecular formula is C12H20N2O2S. The van der Waals surface area contributed by atoms with Gasteiger partial charge in [-0.2, -0.15) is 11.8 Å². The zero-order valence-corrected chi connectivity index (χ0v) is 11.3. The normalized spacial score (nSPS) is 29.2. The molecule has 2 atom stereocenters. The van der Waals surface area contributed by atoms with E-state index in [4.69, 9.17) is 0 Å². The summed E-state index contributed by atoms with van der Waals surface area (Å²) in [6, 6.07) is 0.223. The lowest BCUT2D eigenvalue weighted by Gasteiger charge is -2.29. The molecule has 2 bridgehead atoms. The van der Waals surface area contributed by atoms with Gasteiger partial charge in [-0.3, -0.25) is 9.59 Å². The molecule has 2 amide bonds. The van der Waals surface area contributed by atoms with Crippen molar-refractivity contribution in [1.29, 1.82) is 0 Å². The highest BCUT2D eigenvalue weighted by Gasteiger charge is 2.37. The molecule has 2 heterocycles. The Balaban J connectivity index is 2.14. The fraction of sp³-hybridized carbons (Fsp3) is 0.833. The predicted molar refractivity (Wildman–Crippen MR) is 68.9 cm³/mol. The molecular weight excluding hydrogens is 236 g/mol. The van der Waals surface area contributed by atoms with Crippen molar-refractivity contribution in [3.05, 3.63) is 0 Å². The van der Waals surface area contributed by atoms with Gasteiger partial charge in [0.05, 0.1) is 11.7 Å². The molecule has 0 radical (unpaired) electrons. The van der Waals surface area contributed by atoms with Gasteiger partial charge in [-0.25, -0.2) is 0 Å². The first kappa shape index (κ1) is 12.7. The number of carbonyl (C=O) groups is 2. The maximum absolute atomic E-state index is 12.1. The van der Waals surface area contributed by atoms with Crippen LogP contribution >= 0.6 is 11.8 Å². The van der Waals surface area contributed by atoms with Crippen LogP contribution in [0.15, 0.2) is 0 Å². The van der Waals surface area contributed by atoms with Gasteiger partial charge in [0.1, 0.15) is 0 Å². The summed E-state index contributed by atoms with van der Waals surface area (Å²) in [6.45, 7) is 1.34. The lowest BCUT2D eigenvalue weighted by molar-refractivity contribution is -0.134. The van der Waals surface area contributed by atoms with Gasteiger partial charge < -0.3 is 9.80 Å². The molecule has 2 rings (SSSR count). The molecule has 0 N–H and O–H groups in total. The Labute approximate surface area is 107 Å². The van der Waals surface area contributed by atoms with Crippen molar-refractivity contribution in [2.45, 2.75) is 25.3 Å². The summed E-state index contributed by atoms with van der Waals surface area (Å²) in [6.07, 6.45) is 5.01. The quantitative estimate of drug-likeness (QED) is 0.734. The van der Waals surface area contributed by atoms with Crippen molar-refractivity contribution in [1.82, 2.24) is 9.80 Å². The van der Waals surface area contributed by atoms with Crippen LogP contribution in [0.2, 0.25) is 0 Å². The Morgan fingerprint density at radius 3 is 2.88 bits per heavy atom. The Hall–Kier alpha value is -0.710. The topological polar surface area (TPSA) is 40.6 Å². The number of amides is 2. The summed E-state index contributed by atoms with van der Waals surface area (Å²) in [5.74, 6) is 0.958. The first-order valence-corrected chi connectivity index (χ1v) is 7.56. The summed E-state index contributed by atoms with van der Waals surface area (Å²) >= 11 is 1.55. The van der Waals surface area contributed by atoms with E-state index in [1.807, 2.05) is 23.1 Å². The van der Waals surface area contributed by atoms with Crippen LogP contribution in [0.5, 0.6) is 0 Å². The van der Waals surface area contributed by atoms with Crippen LogP contribution in [0, 0.1) is 5.92 Å². The first-order chi connectivity index (χ1) is 8.13. The van der Waals surface area contributed by atoms with Gasteiger partial charge in [0.25, 0.3) is 0 Å². The molecule has 2 fully saturated rings. The SMILES string of the molecule is CSCC(=O)N1C[C@H]2CCC[C@@H](C1)N(C)C2=O. The van der Waals surface area contributed by atoms with Gasteiger partial charge in [0.2, 0.25) is 11.8 Å². The molecule has 2 aliphatic heterocycles. The van der Waals surface area contributed by atoms with Crippen molar-refractivity contribution < 1.29 is 9.59 Å². The number of hydrogen-bond donors (Lipinski definition) is 0. The molecule has 0 aromatic heterocycles. The Morgan fingerprint density at radius 1 is 1.41 bits per heavy atom. The maximum Gasteiger partial charge on any atom is 0.232 e. The Morgan fingerprint density at radius 2 is 2.18 bits per heavy atom. The van der Waals surface area contributed by atoms with Crippen molar-refractivity contribution in [2.24, 2.45) is 5.92 Å². The molecule has 2 aliphatic rings. The summed E-state index contributed by atoms with van der Waals surface area (Å²) in [5, 5.41) is 0. The number of fused-ring (bicyclic) bond motifs is 3. The molecule has 0 spiro atoms. The summed E-state index contributed by atoms with van der Waals surface area (Å²) in [5.41, 5.74) is 0. The van der Waals surface area contributed by atoms with Gasteiger partial charge >= 0.3 is 0 Å². The van der Waals surface area contributed by atoms with Gasteiger partial charge in [0.15, 0.2) is 0 Å². The summed E-state index contributed by atoms with van der Waals surface area (Å²) < 4.78 is 0. The standard InChI is InChI=1S/C12H20N2O2S/c1-13-10-5-3-4-9(12(13)16)6-14(7-10)11(15)8-17-2/h9-10H,3-8H2,1-2H3/t9-,10+/m1/s1. The smallest absolute Gasteiger partial charge is 0.232 e. The highest BCUT2D eigenvalue weighted by Crippen LogP contribution is 2.26. The van der Waals surface area contributed by atoms with Crippen LogP contribution in [-0.4, -0.2) is 59.8 Å². The molecule has 17 heavy (non-hydrogen) atoms. The van der Waals surface area contributed by atoms with E-state index in [9.17, 15) is 9.59 Å². The summed E-state index contributed by atoms with van der Waals surface area (Å²) in [7, 11) is 1.88. The molecule has 0 unspecified atom stereocenters. The van der Waals surface area contributed by atoms with Crippen LogP contribution in [0.1, 0.15) is 19.3 Å². The van der Waals surface area contributed by atoms with Gasteiger partial charge in [-0.1, -0.05) is 6.42 Å². The molecule has 0 aromatic carbocycles. The average Bonchev–Trinajstić information content (AvgIpc) is 2.46. The molecule has 96 valence electrons. The van der Waals surface area contributed by atoms with Crippen molar-refractivity contribution in [3.8, 4) is 0 Å². The Kier molecular flexibility index (Phi) is 3.97. The molecule has 0 saturated carbocycles. The van der Waals surface area contributed by atoms with E-state index >= 15 is 0 Å². The van der Waals surface area contributed by atoms with Gasteiger partial charge in [-0.05, 0) is 19.1 Å². The second-order valence-electron chi connectivity index (χ2n) is 4.96. The third-order valence-corrected chi connectivity index (χ3v) is 4.36. The number of hydrogen-bond acceptors (Lipinski definition) is 3. The van der Waals surface area contributed by atoms with Crippen LogP contribution < -0.4 is 0 Å². The lowest BCUT2D eigenvalue weighted by Crippen LogP contribution is -2.43. The minimum absolute atomic E-state index is 0.0262. The fourth-order valence-corrected chi connectivity index (χ4v) is 3.21. The highest BCUT2D eigenvalue weighted by molar-refractivity contribution is 7.99. The average molecular weight is 256 g/mol. The van der Waals surface area contributed by atoms with Crippen LogP contribution in [0.25, 0.3) is 0 Å². The lowest BCUT2D eigenvalue weighted by atomic mass is 9.99. The van der Waals surface area contributed by atoms with E-state index in [1.165, 1.54) is 0 Å². The maximum atomic E-state index is 12.1. The first-order valence-electron chi connectivity index (χ1n) is 6.17. The third kappa shape index (κ3) is 2.59. The second-order valence-corrected chi connectivity index (χ2v) is 5.83. The van der Waals surface area contributed by atoms with Gasteiger partial charge in [-0.15, -0.1) is 0 Å². The number of likely N-dealkylation sites (N-methyl/N-ethyl adjacent to an activating group) is 1. The second kappa shape index (κ2) is 5.29. The van der Waals surface area contributed by atoms with Crippen molar-refractivity contribution in [2.75, 3.05) is 32.1 Å². The van der Waals surface area contributed by atoms with E-state index < -0.39 is 0 Å². The minimum atomic E-state index is 0.0262. The zero-order valence-electron chi connectivity index (χ0n) is 10.5. The largest absolute Gasteiger partial charge is 0.341 e. The van der Waals surface area contributed by atoms with Crippen LogP contribution in [0.3, 0.4) is 0 Å². The summed E-state index contributed by atoms with van der Waals surface area (Å²) in [4.78, 5) is 27.9. The highest BCUT2D eigenvalue weighted by atomic mass is 32.2. The monoisotopic (exact) mass is 256 g/mol. The molecule has 4 nitrogen and oxygen atoms in total. The van der Waals surface area contributed by atoms with Crippen LogP contribution in [-0.2, 0) is 9.59 Å². The van der Waals surface area contributed by atoms with Crippen molar-refractivity contribution >= 4 is 23.6 Å². The molecule has 5 heteroatoms. The zero-order chi connectivity index (χ0) is 12.4. The Bertz CT molecular complexity index is 322. The molecule has 2 saturated heterocycles. The van der Waals surface area contributed by atoms with Gasteiger partial charge in [0, 0.05) is 26.2 Å². The number of thioether (sulfide) groups is 1. The number of rotatable bonds is 2.